The lowest BCUT2D eigenvalue weighted by molar-refractivity contribution is 0.141. The van der Waals surface area contributed by atoms with Gasteiger partial charge in [0.05, 0.1) is 6.61 Å². The van der Waals surface area contributed by atoms with E-state index in [1.165, 1.54) is 24.1 Å². The Hall–Kier alpha value is -1.95. The van der Waals surface area contributed by atoms with Crippen LogP contribution in [0.2, 0.25) is 0 Å². The highest BCUT2D eigenvalue weighted by atomic mass is 16.5. The highest BCUT2D eigenvalue weighted by Crippen LogP contribution is 2.20. The van der Waals surface area contributed by atoms with Crippen LogP contribution in [-0.4, -0.2) is 49.3 Å². The first kappa shape index (κ1) is 19.8. The molecule has 5 heteroatoms. The Labute approximate surface area is 162 Å². The van der Waals surface area contributed by atoms with Crippen LogP contribution in [-0.2, 0) is 17.8 Å². The quantitative estimate of drug-likeness (QED) is 0.688. The smallest absolute Gasteiger partial charge is 0.213 e. The monoisotopic (exact) mass is 369 g/mol. The van der Waals surface area contributed by atoms with Crippen molar-refractivity contribution in [3.63, 3.8) is 0 Å². The van der Waals surface area contributed by atoms with Crippen molar-refractivity contribution in [2.45, 2.75) is 32.5 Å². The van der Waals surface area contributed by atoms with Gasteiger partial charge >= 0.3 is 0 Å². The highest BCUT2D eigenvalue weighted by Gasteiger charge is 2.25. The largest absolute Gasteiger partial charge is 0.475 e. The second kappa shape index (κ2) is 10.4. The van der Waals surface area contributed by atoms with Gasteiger partial charge in [-0.2, -0.15) is 0 Å². The SMILES string of the molecule is COCCOc1ccc(CN[C@@H]2CN(Cc3ccccc3)CC[C@@H]2C)cn1. The van der Waals surface area contributed by atoms with E-state index in [2.05, 4.69) is 58.5 Å². The Morgan fingerprint density at radius 2 is 1.96 bits per heavy atom. The lowest BCUT2D eigenvalue weighted by atomic mass is 9.93. The van der Waals surface area contributed by atoms with Gasteiger partial charge < -0.3 is 14.8 Å². The number of pyridine rings is 1. The number of ether oxygens (including phenoxy) is 2. The predicted molar refractivity (Wildman–Crippen MR) is 108 cm³/mol. The summed E-state index contributed by atoms with van der Waals surface area (Å²) < 4.78 is 10.5. The molecule has 2 heterocycles. The zero-order valence-corrected chi connectivity index (χ0v) is 16.4. The molecular formula is C22H31N3O2. The molecule has 0 unspecified atom stereocenters. The summed E-state index contributed by atoms with van der Waals surface area (Å²) in [6.45, 7) is 7.57. The molecule has 0 spiro atoms. The molecule has 0 saturated carbocycles. The number of hydrogen-bond acceptors (Lipinski definition) is 5. The number of benzene rings is 1. The lowest BCUT2D eigenvalue weighted by Crippen LogP contribution is -2.49. The van der Waals surface area contributed by atoms with Crippen LogP contribution in [0.25, 0.3) is 0 Å². The molecule has 146 valence electrons. The Kier molecular flexibility index (Phi) is 7.63. The number of piperidine rings is 1. The number of hydrogen-bond donors (Lipinski definition) is 1. The Morgan fingerprint density at radius 3 is 2.70 bits per heavy atom. The molecule has 0 amide bonds. The van der Waals surface area contributed by atoms with Crippen molar-refractivity contribution in [3.05, 3.63) is 59.8 Å². The molecule has 5 nitrogen and oxygen atoms in total. The molecule has 1 N–H and O–H groups in total. The minimum absolute atomic E-state index is 0.500. The summed E-state index contributed by atoms with van der Waals surface area (Å²) in [4.78, 5) is 6.93. The van der Waals surface area contributed by atoms with Gasteiger partial charge in [0.15, 0.2) is 0 Å². The van der Waals surface area contributed by atoms with E-state index in [4.69, 9.17) is 9.47 Å². The summed E-state index contributed by atoms with van der Waals surface area (Å²) in [7, 11) is 1.67. The van der Waals surface area contributed by atoms with Gasteiger partial charge in [-0.1, -0.05) is 43.3 Å². The van der Waals surface area contributed by atoms with Crippen LogP contribution in [0.3, 0.4) is 0 Å². The fourth-order valence-corrected chi connectivity index (χ4v) is 3.47. The Morgan fingerprint density at radius 1 is 1.11 bits per heavy atom. The first-order valence-electron chi connectivity index (χ1n) is 9.81. The second-order valence-electron chi connectivity index (χ2n) is 7.32. The van der Waals surface area contributed by atoms with E-state index in [1.54, 1.807) is 7.11 Å². The van der Waals surface area contributed by atoms with Gasteiger partial charge in [-0.25, -0.2) is 4.98 Å². The van der Waals surface area contributed by atoms with Crippen LogP contribution in [0, 0.1) is 5.92 Å². The molecule has 2 aromatic rings. The van der Waals surface area contributed by atoms with E-state index < -0.39 is 0 Å². The van der Waals surface area contributed by atoms with Crippen molar-refractivity contribution in [2.75, 3.05) is 33.4 Å². The molecule has 1 aliphatic heterocycles. The van der Waals surface area contributed by atoms with Crippen LogP contribution in [0.1, 0.15) is 24.5 Å². The fourth-order valence-electron chi connectivity index (χ4n) is 3.47. The van der Waals surface area contributed by atoms with Crippen molar-refractivity contribution in [1.29, 1.82) is 0 Å². The summed E-state index contributed by atoms with van der Waals surface area (Å²) in [5.41, 5.74) is 2.57. The summed E-state index contributed by atoms with van der Waals surface area (Å²) in [5, 5.41) is 3.73. The molecule has 1 aromatic heterocycles. The molecule has 1 fully saturated rings. The first-order valence-corrected chi connectivity index (χ1v) is 9.81. The molecule has 0 bridgehead atoms. The molecule has 0 aliphatic carbocycles. The van der Waals surface area contributed by atoms with Gasteiger partial charge in [0, 0.05) is 45.0 Å². The van der Waals surface area contributed by atoms with Crippen LogP contribution in [0.5, 0.6) is 5.88 Å². The van der Waals surface area contributed by atoms with Crippen molar-refractivity contribution in [2.24, 2.45) is 5.92 Å². The summed E-state index contributed by atoms with van der Waals surface area (Å²) in [6, 6.07) is 15.2. The van der Waals surface area contributed by atoms with Crippen LogP contribution >= 0.6 is 0 Å². The second-order valence-corrected chi connectivity index (χ2v) is 7.32. The Bertz CT molecular complexity index is 663. The highest BCUT2D eigenvalue weighted by molar-refractivity contribution is 5.18. The third-order valence-corrected chi connectivity index (χ3v) is 5.19. The van der Waals surface area contributed by atoms with E-state index >= 15 is 0 Å². The number of rotatable bonds is 9. The van der Waals surface area contributed by atoms with Crippen molar-refractivity contribution < 1.29 is 9.47 Å². The maximum Gasteiger partial charge on any atom is 0.213 e. The molecule has 0 radical (unpaired) electrons. The average molecular weight is 370 g/mol. The fraction of sp³-hybridized carbons (Fsp3) is 0.500. The molecule has 27 heavy (non-hydrogen) atoms. The van der Waals surface area contributed by atoms with Gasteiger partial charge in [0.2, 0.25) is 5.88 Å². The van der Waals surface area contributed by atoms with E-state index in [1.807, 2.05) is 12.3 Å². The number of nitrogens with one attached hydrogen (secondary N) is 1. The van der Waals surface area contributed by atoms with Crippen molar-refractivity contribution in [1.82, 2.24) is 15.2 Å². The average Bonchev–Trinajstić information content (AvgIpc) is 2.70. The van der Waals surface area contributed by atoms with E-state index in [-0.39, 0.29) is 0 Å². The number of aromatic nitrogens is 1. The molecule has 1 saturated heterocycles. The molecular weight excluding hydrogens is 338 g/mol. The lowest BCUT2D eigenvalue weighted by Gasteiger charge is -2.37. The molecule has 1 aromatic carbocycles. The van der Waals surface area contributed by atoms with Crippen LogP contribution in [0.15, 0.2) is 48.7 Å². The van der Waals surface area contributed by atoms with Crippen LogP contribution < -0.4 is 10.1 Å². The van der Waals surface area contributed by atoms with Gasteiger partial charge in [0.1, 0.15) is 6.61 Å². The summed E-state index contributed by atoms with van der Waals surface area (Å²) in [6.07, 6.45) is 3.12. The maximum atomic E-state index is 5.52. The van der Waals surface area contributed by atoms with Gasteiger partial charge in [-0.3, -0.25) is 4.90 Å². The number of likely N-dealkylation sites (tertiary alicyclic amines) is 1. The number of methoxy groups -OCH3 is 1. The predicted octanol–water partition coefficient (Wildman–Crippen LogP) is 3.11. The maximum absolute atomic E-state index is 5.52. The Balaban J connectivity index is 1.47. The normalized spacial score (nSPS) is 20.5. The molecule has 3 rings (SSSR count). The summed E-state index contributed by atoms with van der Waals surface area (Å²) in [5.74, 6) is 1.33. The van der Waals surface area contributed by atoms with Gasteiger partial charge in [-0.15, -0.1) is 0 Å². The van der Waals surface area contributed by atoms with Gasteiger partial charge in [0.25, 0.3) is 0 Å². The van der Waals surface area contributed by atoms with E-state index in [9.17, 15) is 0 Å². The molecule has 2 atom stereocenters. The van der Waals surface area contributed by atoms with E-state index in [0.717, 1.165) is 19.6 Å². The molecule has 1 aliphatic rings. The topological polar surface area (TPSA) is 46.6 Å². The zero-order chi connectivity index (χ0) is 18.9. The number of nitrogens with zero attached hydrogens (tertiary/aromatic N) is 2. The summed E-state index contributed by atoms with van der Waals surface area (Å²) >= 11 is 0. The minimum Gasteiger partial charge on any atom is -0.475 e. The minimum atomic E-state index is 0.500. The third-order valence-electron chi connectivity index (χ3n) is 5.19. The van der Waals surface area contributed by atoms with Gasteiger partial charge in [-0.05, 0) is 30.0 Å². The van der Waals surface area contributed by atoms with Crippen molar-refractivity contribution >= 4 is 0 Å². The van der Waals surface area contributed by atoms with E-state index in [0.29, 0.717) is 31.1 Å². The third kappa shape index (κ3) is 6.31. The van der Waals surface area contributed by atoms with Crippen LogP contribution in [0.4, 0.5) is 0 Å². The first-order chi connectivity index (χ1) is 13.2. The van der Waals surface area contributed by atoms with Crippen molar-refractivity contribution in [3.8, 4) is 5.88 Å². The zero-order valence-electron chi connectivity index (χ0n) is 16.4. The standard InChI is InChI=1S/C22H31N3O2/c1-18-10-11-25(16-19-6-4-3-5-7-19)17-21(18)23-14-20-8-9-22(24-15-20)27-13-12-26-2/h3-9,15,18,21,23H,10-14,16-17H2,1-2H3/t18-,21+/m0/s1.